The van der Waals surface area contributed by atoms with Gasteiger partial charge >= 0.3 is 12.0 Å². The topological polar surface area (TPSA) is 64.1 Å². The Morgan fingerprint density at radius 3 is 2.55 bits per heavy atom. The van der Waals surface area contributed by atoms with Crippen LogP contribution in [0, 0.1) is 0 Å². The summed E-state index contributed by atoms with van der Waals surface area (Å²) < 4.78 is 0. The van der Waals surface area contributed by atoms with E-state index in [0.717, 1.165) is 38.8 Å². The lowest BCUT2D eigenvalue weighted by atomic mass is 10.00. The molecule has 0 aromatic heterocycles. The quantitative estimate of drug-likeness (QED) is 0.841. The van der Waals surface area contributed by atoms with Crippen molar-refractivity contribution >= 4 is 12.0 Å². The highest BCUT2D eigenvalue weighted by Crippen LogP contribution is 2.23. The molecule has 2 rings (SSSR count). The Bertz CT molecular complexity index is 373. The van der Waals surface area contributed by atoms with Crippen molar-refractivity contribution in [3.63, 3.8) is 0 Å². The van der Waals surface area contributed by atoms with Crippen LogP contribution < -0.4 is 0 Å². The van der Waals surface area contributed by atoms with Gasteiger partial charge in [0.1, 0.15) is 0 Å². The zero-order valence-corrected chi connectivity index (χ0v) is 12.4. The number of hydrogen-bond acceptors (Lipinski definition) is 3. The molecule has 0 saturated carbocycles. The smallest absolute Gasteiger partial charge is 0.320 e. The SMILES string of the molecule is CN(C)C1CCN(C(=O)N2CCCCC2CC(=O)O)C1. The fourth-order valence-corrected chi connectivity index (χ4v) is 3.18. The van der Waals surface area contributed by atoms with Crippen molar-refractivity contribution in [3.8, 4) is 0 Å². The van der Waals surface area contributed by atoms with Crippen molar-refractivity contribution in [1.29, 1.82) is 0 Å². The number of rotatable bonds is 3. The fraction of sp³-hybridized carbons (Fsp3) is 0.857. The van der Waals surface area contributed by atoms with Crippen LogP contribution in [0.2, 0.25) is 0 Å². The predicted octanol–water partition coefficient (Wildman–Crippen LogP) is 1.07. The Hall–Kier alpha value is -1.30. The summed E-state index contributed by atoms with van der Waals surface area (Å²) in [4.78, 5) is 29.4. The van der Waals surface area contributed by atoms with E-state index in [1.165, 1.54) is 0 Å². The molecule has 114 valence electrons. The second kappa shape index (κ2) is 6.43. The minimum Gasteiger partial charge on any atom is -0.481 e. The molecule has 0 radical (unpaired) electrons. The molecular weight excluding hydrogens is 258 g/mol. The Kier molecular flexibility index (Phi) is 4.86. The third-order valence-electron chi connectivity index (χ3n) is 4.45. The monoisotopic (exact) mass is 283 g/mol. The van der Waals surface area contributed by atoms with E-state index in [1.54, 1.807) is 4.90 Å². The number of carboxylic acid groups (broad SMARTS) is 1. The van der Waals surface area contributed by atoms with Crippen LogP contribution in [0.5, 0.6) is 0 Å². The highest BCUT2D eigenvalue weighted by molar-refractivity contribution is 5.76. The predicted molar refractivity (Wildman–Crippen MR) is 75.7 cm³/mol. The summed E-state index contributed by atoms with van der Waals surface area (Å²) in [6, 6.07) is 0.314. The van der Waals surface area contributed by atoms with Gasteiger partial charge < -0.3 is 19.8 Å². The number of hydrogen-bond donors (Lipinski definition) is 1. The summed E-state index contributed by atoms with van der Waals surface area (Å²) in [7, 11) is 4.07. The largest absolute Gasteiger partial charge is 0.481 e. The van der Waals surface area contributed by atoms with Crippen molar-refractivity contribution in [2.75, 3.05) is 33.7 Å². The molecule has 2 atom stereocenters. The third kappa shape index (κ3) is 3.42. The Balaban J connectivity index is 1.97. The highest BCUT2D eigenvalue weighted by Gasteiger charge is 2.35. The standard InChI is InChI=1S/C14H25N3O3/c1-15(2)12-6-8-16(10-12)14(20)17-7-4-3-5-11(17)9-13(18)19/h11-12H,3-10H2,1-2H3,(H,18,19). The van der Waals surface area contributed by atoms with E-state index in [2.05, 4.69) is 4.90 Å². The summed E-state index contributed by atoms with van der Waals surface area (Å²) >= 11 is 0. The Labute approximate surface area is 120 Å². The molecule has 1 N–H and O–H groups in total. The van der Waals surface area contributed by atoms with Gasteiger partial charge in [0.05, 0.1) is 6.42 Å². The summed E-state index contributed by atoms with van der Waals surface area (Å²) in [5.74, 6) is -0.817. The number of piperidine rings is 1. The molecule has 0 bridgehead atoms. The molecule has 2 unspecified atom stereocenters. The van der Waals surface area contributed by atoms with E-state index in [9.17, 15) is 9.59 Å². The van der Waals surface area contributed by atoms with Gasteiger partial charge in [0.15, 0.2) is 0 Å². The number of aliphatic carboxylic acids is 1. The van der Waals surface area contributed by atoms with Gasteiger partial charge in [-0.1, -0.05) is 0 Å². The van der Waals surface area contributed by atoms with Crippen molar-refractivity contribution in [2.45, 2.75) is 44.2 Å². The van der Waals surface area contributed by atoms with Crippen LogP contribution in [-0.2, 0) is 4.79 Å². The van der Waals surface area contributed by atoms with Crippen LogP contribution in [0.4, 0.5) is 4.79 Å². The zero-order valence-electron chi connectivity index (χ0n) is 12.4. The summed E-state index contributed by atoms with van der Waals surface area (Å²) in [5.41, 5.74) is 0. The number of urea groups is 1. The molecule has 2 aliphatic heterocycles. The molecule has 0 spiro atoms. The molecule has 0 aromatic carbocycles. The summed E-state index contributed by atoms with van der Waals surface area (Å²) in [5, 5.41) is 8.99. The van der Waals surface area contributed by atoms with E-state index >= 15 is 0 Å². The lowest BCUT2D eigenvalue weighted by Crippen LogP contribution is -2.50. The van der Waals surface area contributed by atoms with Crippen molar-refractivity contribution in [1.82, 2.24) is 14.7 Å². The first-order chi connectivity index (χ1) is 9.49. The van der Waals surface area contributed by atoms with E-state index < -0.39 is 5.97 Å². The van der Waals surface area contributed by atoms with Crippen LogP contribution >= 0.6 is 0 Å². The van der Waals surface area contributed by atoms with Gasteiger partial charge in [-0.2, -0.15) is 0 Å². The Morgan fingerprint density at radius 2 is 1.95 bits per heavy atom. The molecule has 2 heterocycles. The first-order valence-corrected chi connectivity index (χ1v) is 7.43. The molecule has 2 fully saturated rings. The van der Waals surface area contributed by atoms with Crippen LogP contribution in [0.1, 0.15) is 32.1 Å². The minimum absolute atomic E-state index is 0.0281. The van der Waals surface area contributed by atoms with Crippen LogP contribution in [0.25, 0.3) is 0 Å². The molecule has 0 aromatic rings. The normalized spacial score (nSPS) is 27.1. The lowest BCUT2D eigenvalue weighted by Gasteiger charge is -2.37. The van der Waals surface area contributed by atoms with Gasteiger partial charge in [0, 0.05) is 31.7 Å². The van der Waals surface area contributed by atoms with Gasteiger partial charge in [0.2, 0.25) is 0 Å². The number of carbonyl (C=O) groups is 2. The van der Waals surface area contributed by atoms with E-state index in [0.29, 0.717) is 12.6 Å². The summed E-state index contributed by atoms with van der Waals surface area (Å²) in [6.07, 6.45) is 3.87. The molecule has 20 heavy (non-hydrogen) atoms. The first kappa shape index (κ1) is 15.1. The zero-order chi connectivity index (χ0) is 14.7. The lowest BCUT2D eigenvalue weighted by molar-refractivity contribution is -0.138. The highest BCUT2D eigenvalue weighted by atomic mass is 16.4. The second-order valence-corrected chi connectivity index (χ2v) is 6.08. The first-order valence-electron chi connectivity index (χ1n) is 7.43. The van der Waals surface area contributed by atoms with Gasteiger partial charge in [0.25, 0.3) is 0 Å². The maximum atomic E-state index is 12.6. The molecule has 2 aliphatic rings. The van der Waals surface area contributed by atoms with Gasteiger partial charge in [-0.25, -0.2) is 4.79 Å². The molecule has 2 saturated heterocycles. The van der Waals surface area contributed by atoms with Gasteiger partial charge in [-0.15, -0.1) is 0 Å². The fourth-order valence-electron chi connectivity index (χ4n) is 3.18. The van der Waals surface area contributed by atoms with Gasteiger partial charge in [-0.3, -0.25) is 4.79 Å². The van der Waals surface area contributed by atoms with Crippen molar-refractivity contribution in [3.05, 3.63) is 0 Å². The second-order valence-electron chi connectivity index (χ2n) is 6.08. The number of likely N-dealkylation sites (tertiary alicyclic amines) is 2. The average molecular weight is 283 g/mol. The van der Waals surface area contributed by atoms with Crippen LogP contribution in [0.15, 0.2) is 0 Å². The molecule has 0 aliphatic carbocycles. The van der Waals surface area contributed by atoms with E-state index in [4.69, 9.17) is 5.11 Å². The molecular formula is C14H25N3O3. The number of amides is 2. The number of carbonyl (C=O) groups excluding carboxylic acids is 1. The average Bonchev–Trinajstić information content (AvgIpc) is 2.87. The minimum atomic E-state index is -0.817. The number of nitrogens with zero attached hydrogens (tertiary/aromatic N) is 3. The molecule has 2 amide bonds. The maximum Gasteiger partial charge on any atom is 0.320 e. The number of likely N-dealkylation sites (N-methyl/N-ethyl adjacent to an activating group) is 1. The Morgan fingerprint density at radius 1 is 1.20 bits per heavy atom. The van der Waals surface area contributed by atoms with Crippen LogP contribution in [0.3, 0.4) is 0 Å². The van der Waals surface area contributed by atoms with Crippen LogP contribution in [-0.4, -0.2) is 77.6 Å². The van der Waals surface area contributed by atoms with E-state index in [-0.39, 0.29) is 18.5 Å². The maximum absolute atomic E-state index is 12.6. The van der Waals surface area contributed by atoms with Crippen molar-refractivity contribution in [2.24, 2.45) is 0 Å². The van der Waals surface area contributed by atoms with Crippen molar-refractivity contribution < 1.29 is 14.7 Å². The number of carboxylic acids is 1. The summed E-state index contributed by atoms with van der Waals surface area (Å²) in [6.45, 7) is 2.22. The molecule has 6 heteroatoms. The van der Waals surface area contributed by atoms with Gasteiger partial charge in [-0.05, 0) is 39.8 Å². The van der Waals surface area contributed by atoms with E-state index in [1.807, 2.05) is 19.0 Å². The third-order valence-corrected chi connectivity index (χ3v) is 4.45. The molecule has 6 nitrogen and oxygen atoms in total.